The summed E-state index contributed by atoms with van der Waals surface area (Å²) < 4.78 is 5.03. The summed E-state index contributed by atoms with van der Waals surface area (Å²) >= 11 is 5.92. The maximum absolute atomic E-state index is 12.4. The van der Waals surface area contributed by atoms with Crippen LogP contribution < -0.4 is 15.8 Å². The van der Waals surface area contributed by atoms with E-state index in [2.05, 4.69) is 10.9 Å². The fourth-order valence-corrected chi connectivity index (χ4v) is 3.48. The Kier molecular flexibility index (Phi) is 6.91. The molecule has 0 radical (unpaired) electrons. The Morgan fingerprint density at radius 2 is 1.84 bits per heavy atom. The summed E-state index contributed by atoms with van der Waals surface area (Å²) in [6, 6.07) is 12.0. The van der Waals surface area contributed by atoms with Crippen LogP contribution in [0.1, 0.15) is 27.9 Å². The van der Waals surface area contributed by atoms with Crippen molar-refractivity contribution in [1.29, 1.82) is 0 Å². The molecule has 1 aliphatic heterocycles. The number of aryl methyl sites for hydroxylation is 1. The van der Waals surface area contributed by atoms with E-state index >= 15 is 0 Å². The first kappa shape index (κ1) is 22.3. The van der Waals surface area contributed by atoms with Gasteiger partial charge in [0.1, 0.15) is 0 Å². The van der Waals surface area contributed by atoms with Gasteiger partial charge in [-0.2, -0.15) is 0 Å². The van der Waals surface area contributed by atoms with Gasteiger partial charge >= 0.3 is 5.97 Å². The van der Waals surface area contributed by atoms with E-state index in [9.17, 15) is 19.2 Å². The van der Waals surface area contributed by atoms with Crippen molar-refractivity contribution in [2.24, 2.45) is 5.92 Å². The second kappa shape index (κ2) is 9.61. The zero-order valence-electron chi connectivity index (χ0n) is 17.1. The van der Waals surface area contributed by atoms with Gasteiger partial charge in [-0.05, 0) is 43.2 Å². The van der Waals surface area contributed by atoms with Crippen molar-refractivity contribution in [3.63, 3.8) is 0 Å². The lowest BCUT2D eigenvalue weighted by molar-refractivity contribution is -0.152. The number of benzene rings is 2. The van der Waals surface area contributed by atoms with Gasteiger partial charge in [0.25, 0.3) is 11.8 Å². The fourth-order valence-electron chi connectivity index (χ4n) is 3.26. The molecular formula is C22H22ClN3O5. The molecule has 0 aromatic heterocycles. The Balaban J connectivity index is 1.49. The van der Waals surface area contributed by atoms with Gasteiger partial charge in [-0.3, -0.25) is 30.0 Å². The number of esters is 1. The predicted octanol–water partition coefficient (Wildman–Crippen LogP) is 2.31. The number of hydrogen-bond acceptors (Lipinski definition) is 5. The predicted molar refractivity (Wildman–Crippen MR) is 114 cm³/mol. The maximum Gasteiger partial charge on any atom is 0.311 e. The molecule has 1 saturated heterocycles. The molecule has 0 unspecified atom stereocenters. The highest BCUT2D eigenvalue weighted by Gasteiger charge is 2.37. The minimum Gasteiger partial charge on any atom is -0.455 e. The second-order valence-electron chi connectivity index (χ2n) is 7.21. The van der Waals surface area contributed by atoms with Gasteiger partial charge in [0, 0.05) is 18.7 Å². The summed E-state index contributed by atoms with van der Waals surface area (Å²) in [5.74, 6) is -2.81. The number of carbonyl (C=O) groups excluding carboxylic acids is 4. The van der Waals surface area contributed by atoms with Crippen molar-refractivity contribution in [2.75, 3.05) is 18.1 Å². The van der Waals surface area contributed by atoms with E-state index in [0.717, 1.165) is 16.8 Å². The zero-order valence-corrected chi connectivity index (χ0v) is 17.9. The fraction of sp³-hybridized carbons (Fsp3) is 0.273. The van der Waals surface area contributed by atoms with Gasteiger partial charge in [0.2, 0.25) is 5.91 Å². The smallest absolute Gasteiger partial charge is 0.311 e. The average Bonchev–Trinajstić information content (AvgIpc) is 3.14. The van der Waals surface area contributed by atoms with Crippen molar-refractivity contribution in [1.82, 2.24) is 10.9 Å². The van der Waals surface area contributed by atoms with E-state index in [-0.39, 0.29) is 29.5 Å². The van der Waals surface area contributed by atoms with Gasteiger partial charge in [-0.15, -0.1) is 0 Å². The number of amides is 3. The van der Waals surface area contributed by atoms with Gasteiger partial charge in [0.05, 0.1) is 16.5 Å². The van der Waals surface area contributed by atoms with Crippen molar-refractivity contribution < 1.29 is 23.9 Å². The molecule has 162 valence electrons. The lowest BCUT2D eigenvalue weighted by Gasteiger charge is -2.20. The molecular weight excluding hydrogens is 422 g/mol. The highest BCUT2D eigenvalue weighted by Crippen LogP contribution is 2.29. The van der Waals surface area contributed by atoms with Crippen LogP contribution in [0.4, 0.5) is 5.69 Å². The summed E-state index contributed by atoms with van der Waals surface area (Å²) in [7, 11) is 0. The number of carbonyl (C=O) groups is 4. The number of ether oxygens (including phenoxy) is 1. The molecule has 1 heterocycles. The van der Waals surface area contributed by atoms with Gasteiger partial charge in [0.15, 0.2) is 6.61 Å². The molecule has 1 aliphatic rings. The summed E-state index contributed by atoms with van der Waals surface area (Å²) in [6.07, 6.45) is 0.0110. The number of nitrogens with zero attached hydrogens (tertiary/aromatic N) is 1. The Labute approximate surface area is 184 Å². The van der Waals surface area contributed by atoms with Crippen LogP contribution in [0.5, 0.6) is 0 Å². The molecule has 2 aromatic rings. The number of hydrazine groups is 1. The first-order chi connectivity index (χ1) is 14.8. The minimum absolute atomic E-state index is 0.0110. The third kappa shape index (κ3) is 5.21. The SMILES string of the molecule is Cc1cccc(N2C[C@@H](C(=O)OCC(=O)NNC(=O)c3ccccc3Cl)CC2=O)c1C. The molecule has 31 heavy (non-hydrogen) atoms. The molecule has 0 spiro atoms. The molecule has 8 nitrogen and oxygen atoms in total. The molecule has 2 N–H and O–H groups in total. The van der Waals surface area contributed by atoms with E-state index < -0.39 is 30.3 Å². The monoisotopic (exact) mass is 443 g/mol. The minimum atomic E-state index is -0.718. The molecule has 1 atom stereocenters. The quantitative estimate of drug-likeness (QED) is 0.545. The van der Waals surface area contributed by atoms with Gasteiger partial charge < -0.3 is 9.64 Å². The third-order valence-corrected chi connectivity index (χ3v) is 5.43. The van der Waals surface area contributed by atoms with Crippen molar-refractivity contribution >= 4 is 41.0 Å². The van der Waals surface area contributed by atoms with E-state index in [1.807, 2.05) is 32.0 Å². The average molecular weight is 444 g/mol. The normalized spacial score (nSPS) is 15.5. The van der Waals surface area contributed by atoms with E-state index in [4.69, 9.17) is 16.3 Å². The Hall–Kier alpha value is -3.39. The molecule has 1 fully saturated rings. The van der Waals surface area contributed by atoms with Crippen molar-refractivity contribution in [3.05, 3.63) is 64.2 Å². The standard InChI is InChI=1S/C22H22ClN3O5/c1-13-6-5-9-18(14(13)2)26-11-15(10-20(26)28)22(30)31-12-19(27)24-25-21(29)16-7-3-4-8-17(16)23/h3-9,15H,10-12H2,1-2H3,(H,24,27)(H,25,29)/t15-/m0/s1. The van der Waals surface area contributed by atoms with Crippen LogP contribution >= 0.6 is 11.6 Å². The summed E-state index contributed by atoms with van der Waals surface area (Å²) in [5.41, 5.74) is 7.34. The molecule has 3 amide bonds. The largest absolute Gasteiger partial charge is 0.455 e. The van der Waals surface area contributed by atoms with E-state index in [0.29, 0.717) is 0 Å². The molecule has 0 aliphatic carbocycles. The zero-order chi connectivity index (χ0) is 22.5. The van der Waals surface area contributed by atoms with Crippen LogP contribution in [0.25, 0.3) is 0 Å². The Morgan fingerprint density at radius 1 is 1.10 bits per heavy atom. The second-order valence-corrected chi connectivity index (χ2v) is 7.62. The Morgan fingerprint density at radius 3 is 2.58 bits per heavy atom. The Bertz CT molecular complexity index is 1040. The van der Waals surface area contributed by atoms with Crippen LogP contribution in [0, 0.1) is 19.8 Å². The number of anilines is 1. The molecule has 0 bridgehead atoms. The first-order valence-electron chi connectivity index (χ1n) is 9.65. The number of nitrogens with one attached hydrogen (secondary N) is 2. The third-order valence-electron chi connectivity index (χ3n) is 5.10. The molecule has 3 rings (SSSR count). The number of rotatable bonds is 5. The van der Waals surface area contributed by atoms with Gasteiger partial charge in [-0.25, -0.2) is 0 Å². The van der Waals surface area contributed by atoms with Crippen LogP contribution in [-0.4, -0.2) is 36.8 Å². The van der Waals surface area contributed by atoms with Crippen molar-refractivity contribution in [3.8, 4) is 0 Å². The highest BCUT2D eigenvalue weighted by molar-refractivity contribution is 6.33. The van der Waals surface area contributed by atoms with Crippen LogP contribution in [-0.2, 0) is 19.1 Å². The van der Waals surface area contributed by atoms with Crippen LogP contribution in [0.15, 0.2) is 42.5 Å². The molecule has 0 saturated carbocycles. The molecule has 9 heteroatoms. The lowest BCUT2D eigenvalue weighted by Crippen LogP contribution is -2.44. The summed E-state index contributed by atoms with van der Waals surface area (Å²) in [5, 5.41) is 0.236. The molecule has 2 aromatic carbocycles. The number of hydrogen-bond donors (Lipinski definition) is 2. The summed E-state index contributed by atoms with van der Waals surface area (Å²) in [4.78, 5) is 50.2. The highest BCUT2D eigenvalue weighted by atomic mass is 35.5. The first-order valence-corrected chi connectivity index (χ1v) is 10.0. The number of halogens is 1. The van der Waals surface area contributed by atoms with E-state index in [1.165, 1.54) is 6.07 Å². The van der Waals surface area contributed by atoms with E-state index in [1.54, 1.807) is 23.1 Å². The summed E-state index contributed by atoms with van der Waals surface area (Å²) in [6.45, 7) is 3.47. The maximum atomic E-state index is 12.4. The topological polar surface area (TPSA) is 105 Å². The van der Waals surface area contributed by atoms with Gasteiger partial charge in [-0.1, -0.05) is 35.9 Å². The lowest BCUT2D eigenvalue weighted by atomic mass is 10.1. The van der Waals surface area contributed by atoms with Crippen LogP contribution in [0.3, 0.4) is 0 Å². The van der Waals surface area contributed by atoms with Crippen LogP contribution in [0.2, 0.25) is 5.02 Å². The van der Waals surface area contributed by atoms with Crippen molar-refractivity contribution in [2.45, 2.75) is 20.3 Å².